The summed E-state index contributed by atoms with van der Waals surface area (Å²) in [5.41, 5.74) is 1.60. The lowest BCUT2D eigenvalue weighted by Gasteiger charge is -2.17. The molecule has 2 aromatic carbocycles. The van der Waals surface area contributed by atoms with Crippen molar-refractivity contribution in [2.45, 2.75) is 26.4 Å². The van der Waals surface area contributed by atoms with Gasteiger partial charge in [-0.1, -0.05) is 35.9 Å². The zero-order valence-electron chi connectivity index (χ0n) is 15.3. The number of ketones is 2. The number of rotatable bonds is 10. The summed E-state index contributed by atoms with van der Waals surface area (Å²) in [7, 11) is -3.20. The van der Waals surface area contributed by atoms with Gasteiger partial charge in [-0.2, -0.15) is 0 Å². The van der Waals surface area contributed by atoms with Gasteiger partial charge in [-0.3, -0.25) is 14.2 Å². The van der Waals surface area contributed by atoms with Crippen molar-refractivity contribution in [1.82, 2.24) is 0 Å². The molecule has 7 heteroatoms. The molecular formula is C20H22ClO5P. The highest BCUT2D eigenvalue weighted by Crippen LogP contribution is 2.51. The normalized spacial score (nSPS) is 11.4. The molecule has 0 aliphatic heterocycles. The van der Waals surface area contributed by atoms with Crippen LogP contribution in [0, 0.1) is 0 Å². The average Bonchev–Trinajstić information content (AvgIpc) is 2.63. The van der Waals surface area contributed by atoms with Crippen molar-refractivity contribution < 1.29 is 23.2 Å². The van der Waals surface area contributed by atoms with Crippen molar-refractivity contribution >= 4 is 30.8 Å². The van der Waals surface area contributed by atoms with Crippen LogP contribution in [0.5, 0.6) is 0 Å². The Kier molecular flexibility index (Phi) is 7.93. The lowest BCUT2D eigenvalue weighted by Crippen LogP contribution is -2.08. The summed E-state index contributed by atoms with van der Waals surface area (Å²) < 4.78 is 23.1. The molecule has 0 N–H and O–H groups in total. The van der Waals surface area contributed by atoms with Gasteiger partial charge in [0.2, 0.25) is 0 Å². The van der Waals surface area contributed by atoms with Crippen LogP contribution >= 0.6 is 19.2 Å². The first-order valence-corrected chi connectivity index (χ1v) is 10.8. The predicted octanol–water partition coefficient (Wildman–Crippen LogP) is 5.56. The summed E-state index contributed by atoms with van der Waals surface area (Å²) >= 11 is 5.80. The highest BCUT2D eigenvalue weighted by Gasteiger charge is 2.24. The first-order chi connectivity index (χ1) is 12.9. The molecule has 0 aliphatic rings. The van der Waals surface area contributed by atoms with Crippen LogP contribution in [0.1, 0.15) is 46.5 Å². The van der Waals surface area contributed by atoms with Crippen LogP contribution in [-0.2, 0) is 19.8 Å². The smallest absolute Gasteiger partial charge is 0.309 e. The molecule has 0 heterocycles. The molecule has 0 aliphatic carbocycles. The molecule has 2 aromatic rings. The Morgan fingerprint density at radius 3 is 1.74 bits per heavy atom. The van der Waals surface area contributed by atoms with E-state index in [1.165, 1.54) is 0 Å². The van der Waals surface area contributed by atoms with Crippen molar-refractivity contribution in [1.29, 1.82) is 0 Å². The number of hydrogen-bond acceptors (Lipinski definition) is 5. The Labute approximate surface area is 164 Å². The minimum atomic E-state index is -3.20. The summed E-state index contributed by atoms with van der Waals surface area (Å²) in [6.07, 6.45) is -0.0930. The van der Waals surface area contributed by atoms with Crippen LogP contribution in [0.15, 0.2) is 48.5 Å². The van der Waals surface area contributed by atoms with Gasteiger partial charge < -0.3 is 9.05 Å². The van der Waals surface area contributed by atoms with E-state index < -0.39 is 7.60 Å². The minimum Gasteiger partial charge on any atom is -0.309 e. The van der Waals surface area contributed by atoms with Crippen molar-refractivity contribution in [3.05, 3.63) is 70.2 Å². The fourth-order valence-corrected chi connectivity index (χ4v) is 4.36. The number of carbonyl (C=O) groups is 2. The van der Waals surface area contributed by atoms with Crippen molar-refractivity contribution in [2.24, 2.45) is 0 Å². The maximum Gasteiger partial charge on any atom is 0.335 e. The summed E-state index contributed by atoms with van der Waals surface area (Å²) in [5, 5.41) is 0.532. The second-order valence-electron chi connectivity index (χ2n) is 5.83. The van der Waals surface area contributed by atoms with E-state index in [4.69, 9.17) is 20.6 Å². The van der Waals surface area contributed by atoms with Crippen LogP contribution in [0.25, 0.3) is 0 Å². The molecule has 0 radical (unpaired) electrons. The van der Waals surface area contributed by atoms with Gasteiger partial charge in [0.05, 0.1) is 25.8 Å². The number of benzene rings is 2. The molecule has 0 spiro atoms. The van der Waals surface area contributed by atoms with Gasteiger partial charge >= 0.3 is 7.60 Å². The molecule has 0 bridgehead atoms. The topological polar surface area (TPSA) is 69.7 Å². The van der Waals surface area contributed by atoms with Crippen LogP contribution < -0.4 is 0 Å². The molecule has 0 saturated carbocycles. The zero-order chi connectivity index (χ0) is 19.9. The second kappa shape index (κ2) is 9.95. The summed E-state index contributed by atoms with van der Waals surface area (Å²) in [5.74, 6) is -0.544. The Bertz CT molecular complexity index is 820. The number of Topliss-reactive ketones (excluding diaryl/α,β-unsaturated/α-hetero) is 2. The molecule has 0 amide bonds. The summed E-state index contributed by atoms with van der Waals surface area (Å²) in [4.78, 5) is 24.6. The molecule has 0 saturated heterocycles. The zero-order valence-corrected chi connectivity index (χ0v) is 17.0. The molecule has 27 heavy (non-hydrogen) atoms. The highest BCUT2D eigenvalue weighted by atomic mass is 35.5. The van der Waals surface area contributed by atoms with Gasteiger partial charge in [-0.25, -0.2) is 0 Å². The van der Waals surface area contributed by atoms with Gasteiger partial charge in [0, 0.05) is 16.1 Å². The van der Waals surface area contributed by atoms with E-state index in [2.05, 4.69) is 0 Å². The van der Waals surface area contributed by atoms with Crippen LogP contribution in [-0.4, -0.2) is 24.8 Å². The minimum absolute atomic E-state index is 0.132. The molecule has 0 fully saturated rings. The third-order valence-electron chi connectivity index (χ3n) is 3.79. The Morgan fingerprint density at radius 2 is 1.30 bits per heavy atom. The Hall–Kier alpha value is -1.78. The Balaban J connectivity index is 2.03. The molecule has 0 unspecified atom stereocenters. The maximum absolute atomic E-state index is 12.6. The Morgan fingerprint density at radius 1 is 0.852 bits per heavy atom. The van der Waals surface area contributed by atoms with Crippen LogP contribution in [0.3, 0.4) is 0 Å². The van der Waals surface area contributed by atoms with E-state index in [-0.39, 0.29) is 24.1 Å². The fraction of sp³-hybridized carbons (Fsp3) is 0.300. The summed E-state index contributed by atoms with van der Waals surface area (Å²) in [6, 6.07) is 13.1. The number of carbonyl (C=O) groups excluding carboxylic acids is 2. The predicted molar refractivity (Wildman–Crippen MR) is 106 cm³/mol. The molecule has 0 atom stereocenters. The molecule has 144 valence electrons. The van der Waals surface area contributed by atoms with Crippen LogP contribution in [0.4, 0.5) is 0 Å². The second-order valence-corrected chi connectivity index (χ2v) is 8.32. The lowest BCUT2D eigenvalue weighted by atomic mass is 10.0. The van der Waals surface area contributed by atoms with E-state index in [1.54, 1.807) is 62.4 Å². The van der Waals surface area contributed by atoms with E-state index in [1.807, 2.05) is 0 Å². The van der Waals surface area contributed by atoms with Gasteiger partial charge in [-0.05, 0) is 43.7 Å². The van der Waals surface area contributed by atoms with E-state index in [9.17, 15) is 14.2 Å². The first kappa shape index (κ1) is 21.5. The quantitative estimate of drug-likeness (QED) is 0.292. The SMILES string of the molecule is CCOP(=O)(Cc1ccc(C(=O)CC(=O)c2ccc(Cl)cc2)cc1)OCC. The maximum atomic E-state index is 12.6. The first-order valence-electron chi connectivity index (χ1n) is 8.66. The molecular weight excluding hydrogens is 387 g/mol. The van der Waals surface area contributed by atoms with Gasteiger partial charge in [0.1, 0.15) is 0 Å². The summed E-state index contributed by atoms with van der Waals surface area (Å²) in [6.45, 7) is 4.09. The van der Waals surface area contributed by atoms with E-state index >= 15 is 0 Å². The number of hydrogen-bond donors (Lipinski definition) is 0. The fourth-order valence-electron chi connectivity index (χ4n) is 2.53. The van der Waals surface area contributed by atoms with E-state index in [0.717, 1.165) is 5.56 Å². The standard InChI is InChI=1S/C20H22ClO5P/c1-3-25-27(24,26-4-2)14-15-5-7-16(8-6-15)19(22)13-20(23)17-9-11-18(21)12-10-17/h5-12H,3-4,13-14H2,1-2H3. The largest absolute Gasteiger partial charge is 0.335 e. The molecule has 2 rings (SSSR count). The van der Waals surface area contributed by atoms with Crippen LogP contribution in [0.2, 0.25) is 5.02 Å². The van der Waals surface area contributed by atoms with Crippen molar-refractivity contribution in [2.75, 3.05) is 13.2 Å². The van der Waals surface area contributed by atoms with Crippen molar-refractivity contribution in [3.63, 3.8) is 0 Å². The molecule has 0 aromatic heterocycles. The number of halogens is 1. The van der Waals surface area contributed by atoms with Gasteiger partial charge in [0.25, 0.3) is 0 Å². The van der Waals surface area contributed by atoms with E-state index in [0.29, 0.717) is 29.4 Å². The van der Waals surface area contributed by atoms with Gasteiger partial charge in [0.15, 0.2) is 11.6 Å². The van der Waals surface area contributed by atoms with Crippen molar-refractivity contribution in [3.8, 4) is 0 Å². The molecule has 5 nitrogen and oxygen atoms in total. The monoisotopic (exact) mass is 408 g/mol. The highest BCUT2D eigenvalue weighted by molar-refractivity contribution is 7.53. The third kappa shape index (κ3) is 6.40. The average molecular weight is 409 g/mol. The van der Waals surface area contributed by atoms with Gasteiger partial charge in [-0.15, -0.1) is 0 Å². The lowest BCUT2D eigenvalue weighted by molar-refractivity contribution is 0.0894. The third-order valence-corrected chi connectivity index (χ3v) is 6.10.